The summed E-state index contributed by atoms with van der Waals surface area (Å²) in [5.74, 6) is 1.97. The van der Waals surface area contributed by atoms with Crippen LogP contribution in [0.3, 0.4) is 0 Å². The molecule has 0 spiro atoms. The SMILES string of the molecule is CCCC1CCCN(CC2CCNC(C)C2)CC1. The highest BCUT2D eigenvalue weighted by Crippen LogP contribution is 2.24. The number of nitrogens with one attached hydrogen (secondary N) is 1. The minimum absolute atomic E-state index is 0.739. The molecule has 2 fully saturated rings. The quantitative estimate of drug-likeness (QED) is 0.826. The Hall–Kier alpha value is -0.0800. The number of piperidine rings is 1. The molecule has 0 aromatic carbocycles. The van der Waals surface area contributed by atoms with Crippen molar-refractivity contribution in [2.24, 2.45) is 11.8 Å². The Morgan fingerprint density at radius 3 is 2.78 bits per heavy atom. The maximum atomic E-state index is 3.57. The largest absolute Gasteiger partial charge is 0.314 e. The lowest BCUT2D eigenvalue weighted by Crippen LogP contribution is -2.40. The fourth-order valence-corrected chi connectivity index (χ4v) is 3.87. The molecular weight excluding hydrogens is 220 g/mol. The van der Waals surface area contributed by atoms with Gasteiger partial charge in [0.1, 0.15) is 0 Å². The number of hydrogen-bond donors (Lipinski definition) is 1. The third kappa shape index (κ3) is 4.55. The molecule has 2 aliphatic heterocycles. The van der Waals surface area contributed by atoms with Gasteiger partial charge in [0.2, 0.25) is 0 Å². The smallest absolute Gasteiger partial charge is 0.00418 e. The highest BCUT2D eigenvalue weighted by molar-refractivity contribution is 4.79. The van der Waals surface area contributed by atoms with Crippen LogP contribution in [-0.2, 0) is 0 Å². The number of hydrogen-bond acceptors (Lipinski definition) is 2. The maximum Gasteiger partial charge on any atom is 0.00418 e. The van der Waals surface area contributed by atoms with Crippen molar-refractivity contribution in [3.63, 3.8) is 0 Å². The molecule has 0 saturated carbocycles. The van der Waals surface area contributed by atoms with E-state index < -0.39 is 0 Å². The van der Waals surface area contributed by atoms with E-state index in [1.165, 1.54) is 71.1 Å². The van der Waals surface area contributed by atoms with Crippen molar-refractivity contribution in [3.8, 4) is 0 Å². The van der Waals surface area contributed by atoms with E-state index in [2.05, 4.69) is 24.1 Å². The van der Waals surface area contributed by atoms with Crippen molar-refractivity contribution >= 4 is 0 Å². The van der Waals surface area contributed by atoms with Crippen LogP contribution in [0.2, 0.25) is 0 Å². The molecule has 2 saturated heterocycles. The van der Waals surface area contributed by atoms with Gasteiger partial charge in [-0.15, -0.1) is 0 Å². The molecule has 0 radical (unpaired) electrons. The minimum atomic E-state index is 0.739. The predicted octanol–water partition coefficient (Wildman–Crippen LogP) is 3.28. The zero-order valence-corrected chi connectivity index (χ0v) is 12.5. The van der Waals surface area contributed by atoms with Crippen molar-refractivity contribution in [1.29, 1.82) is 0 Å². The van der Waals surface area contributed by atoms with E-state index in [0.29, 0.717) is 0 Å². The van der Waals surface area contributed by atoms with Crippen molar-refractivity contribution in [1.82, 2.24) is 10.2 Å². The highest BCUT2D eigenvalue weighted by atomic mass is 15.1. The molecule has 3 unspecified atom stereocenters. The van der Waals surface area contributed by atoms with Crippen molar-refractivity contribution in [3.05, 3.63) is 0 Å². The first-order valence-electron chi connectivity index (χ1n) is 8.23. The normalized spacial score (nSPS) is 35.3. The van der Waals surface area contributed by atoms with Crippen LogP contribution in [0, 0.1) is 11.8 Å². The molecule has 2 heteroatoms. The third-order valence-electron chi connectivity index (χ3n) is 4.89. The van der Waals surface area contributed by atoms with E-state index >= 15 is 0 Å². The van der Waals surface area contributed by atoms with E-state index in [1.54, 1.807) is 0 Å². The Balaban J connectivity index is 1.72. The first-order chi connectivity index (χ1) is 8.78. The van der Waals surface area contributed by atoms with Crippen molar-refractivity contribution < 1.29 is 0 Å². The maximum absolute atomic E-state index is 3.57. The lowest BCUT2D eigenvalue weighted by Gasteiger charge is -2.32. The Bertz CT molecular complexity index is 229. The number of likely N-dealkylation sites (tertiary alicyclic amines) is 1. The highest BCUT2D eigenvalue weighted by Gasteiger charge is 2.22. The Morgan fingerprint density at radius 2 is 2.00 bits per heavy atom. The van der Waals surface area contributed by atoms with Gasteiger partial charge in [0.05, 0.1) is 0 Å². The second kappa shape index (κ2) is 7.49. The molecule has 3 atom stereocenters. The van der Waals surface area contributed by atoms with Gasteiger partial charge in [0, 0.05) is 12.6 Å². The summed E-state index contributed by atoms with van der Waals surface area (Å²) in [5.41, 5.74) is 0. The molecule has 0 amide bonds. The van der Waals surface area contributed by atoms with Crippen LogP contribution in [0.1, 0.15) is 58.8 Å². The summed E-state index contributed by atoms with van der Waals surface area (Å²) in [6, 6.07) is 0.739. The van der Waals surface area contributed by atoms with E-state index in [9.17, 15) is 0 Å². The third-order valence-corrected chi connectivity index (χ3v) is 4.89. The summed E-state index contributed by atoms with van der Waals surface area (Å²) in [7, 11) is 0. The molecule has 1 N–H and O–H groups in total. The van der Waals surface area contributed by atoms with E-state index in [4.69, 9.17) is 0 Å². The second-order valence-corrected chi connectivity index (χ2v) is 6.63. The molecule has 0 aromatic heterocycles. The Labute approximate surface area is 114 Å². The summed E-state index contributed by atoms with van der Waals surface area (Å²) < 4.78 is 0. The Kier molecular flexibility index (Phi) is 5.97. The van der Waals surface area contributed by atoms with Crippen LogP contribution >= 0.6 is 0 Å². The predicted molar refractivity (Wildman–Crippen MR) is 78.9 cm³/mol. The van der Waals surface area contributed by atoms with E-state index in [1.807, 2.05) is 0 Å². The van der Waals surface area contributed by atoms with Crippen molar-refractivity contribution in [2.45, 2.75) is 64.8 Å². The summed E-state index contributed by atoms with van der Waals surface area (Å²) in [6.45, 7) is 10.00. The fraction of sp³-hybridized carbons (Fsp3) is 1.00. The molecule has 2 aliphatic rings. The lowest BCUT2D eigenvalue weighted by atomic mass is 9.92. The van der Waals surface area contributed by atoms with Gasteiger partial charge in [-0.05, 0) is 70.5 Å². The van der Waals surface area contributed by atoms with Gasteiger partial charge in [-0.25, -0.2) is 0 Å². The first kappa shape index (κ1) is 14.3. The monoisotopic (exact) mass is 252 g/mol. The molecular formula is C16H32N2. The standard InChI is InChI=1S/C16H32N2/c1-3-5-15-6-4-10-18(11-8-15)13-16-7-9-17-14(2)12-16/h14-17H,3-13H2,1-2H3. The molecule has 2 rings (SSSR count). The van der Waals surface area contributed by atoms with Crippen LogP contribution in [0.4, 0.5) is 0 Å². The topological polar surface area (TPSA) is 15.3 Å². The molecule has 0 aromatic rings. The average molecular weight is 252 g/mol. The van der Waals surface area contributed by atoms with Crippen molar-refractivity contribution in [2.75, 3.05) is 26.2 Å². The lowest BCUT2D eigenvalue weighted by molar-refractivity contribution is 0.194. The molecule has 18 heavy (non-hydrogen) atoms. The minimum Gasteiger partial charge on any atom is -0.314 e. The number of nitrogens with zero attached hydrogens (tertiary/aromatic N) is 1. The molecule has 106 valence electrons. The van der Waals surface area contributed by atoms with E-state index in [0.717, 1.165) is 17.9 Å². The van der Waals surface area contributed by atoms with Gasteiger partial charge in [-0.1, -0.05) is 19.8 Å². The fourth-order valence-electron chi connectivity index (χ4n) is 3.87. The molecule has 2 nitrogen and oxygen atoms in total. The summed E-state index contributed by atoms with van der Waals surface area (Å²) >= 11 is 0. The van der Waals surface area contributed by atoms with E-state index in [-0.39, 0.29) is 0 Å². The van der Waals surface area contributed by atoms with Crippen LogP contribution in [0.5, 0.6) is 0 Å². The average Bonchev–Trinajstić information content (AvgIpc) is 2.56. The first-order valence-corrected chi connectivity index (χ1v) is 8.23. The molecule has 2 heterocycles. The van der Waals surface area contributed by atoms with Gasteiger partial charge < -0.3 is 10.2 Å². The van der Waals surface area contributed by atoms with Gasteiger partial charge in [0.25, 0.3) is 0 Å². The van der Waals surface area contributed by atoms with Gasteiger partial charge >= 0.3 is 0 Å². The summed E-state index contributed by atoms with van der Waals surface area (Å²) in [4.78, 5) is 2.76. The Morgan fingerprint density at radius 1 is 1.11 bits per heavy atom. The van der Waals surface area contributed by atoms with Gasteiger partial charge in [0.15, 0.2) is 0 Å². The summed E-state index contributed by atoms with van der Waals surface area (Å²) in [6.07, 6.45) is 9.97. The summed E-state index contributed by atoms with van der Waals surface area (Å²) in [5, 5.41) is 3.57. The molecule has 0 aliphatic carbocycles. The zero-order valence-electron chi connectivity index (χ0n) is 12.5. The van der Waals surface area contributed by atoms with Gasteiger partial charge in [-0.2, -0.15) is 0 Å². The van der Waals surface area contributed by atoms with Crippen LogP contribution in [-0.4, -0.2) is 37.1 Å². The second-order valence-electron chi connectivity index (χ2n) is 6.63. The molecule has 0 bridgehead atoms. The van der Waals surface area contributed by atoms with Gasteiger partial charge in [-0.3, -0.25) is 0 Å². The number of rotatable bonds is 4. The van der Waals surface area contributed by atoms with Crippen LogP contribution < -0.4 is 5.32 Å². The zero-order chi connectivity index (χ0) is 12.8. The van der Waals surface area contributed by atoms with Crippen LogP contribution in [0.25, 0.3) is 0 Å². The van der Waals surface area contributed by atoms with Crippen LogP contribution in [0.15, 0.2) is 0 Å².